The first-order chi connectivity index (χ1) is 11.3. The highest BCUT2D eigenvalue weighted by molar-refractivity contribution is 7.89. The first-order valence-electron chi connectivity index (χ1n) is 7.74. The van der Waals surface area contributed by atoms with E-state index < -0.39 is 14.9 Å². The van der Waals surface area contributed by atoms with Gasteiger partial charge in [0.2, 0.25) is 10.0 Å². The number of benzene rings is 1. The SMILES string of the molecule is COCC1(CNS(=O)(=O)c2cc([N+](=O)[O-])ccc2C)CCNCC1.Cl. The van der Waals surface area contributed by atoms with Gasteiger partial charge in [0.15, 0.2) is 0 Å². The van der Waals surface area contributed by atoms with Crippen LogP contribution in [-0.2, 0) is 14.8 Å². The van der Waals surface area contributed by atoms with E-state index in [0.717, 1.165) is 32.0 Å². The largest absolute Gasteiger partial charge is 0.384 e. The number of piperidine rings is 1. The number of sulfonamides is 1. The summed E-state index contributed by atoms with van der Waals surface area (Å²) in [4.78, 5) is 10.2. The van der Waals surface area contributed by atoms with Crippen molar-refractivity contribution in [2.45, 2.75) is 24.7 Å². The Labute approximate surface area is 153 Å². The number of hydrogen-bond donors (Lipinski definition) is 2. The van der Waals surface area contributed by atoms with Crippen LogP contribution >= 0.6 is 12.4 Å². The van der Waals surface area contributed by atoms with Crippen molar-refractivity contribution in [2.24, 2.45) is 5.41 Å². The Morgan fingerprint density at radius 1 is 1.36 bits per heavy atom. The van der Waals surface area contributed by atoms with Crippen molar-refractivity contribution in [2.75, 3.05) is 33.4 Å². The minimum Gasteiger partial charge on any atom is -0.384 e. The summed E-state index contributed by atoms with van der Waals surface area (Å²) in [6.07, 6.45) is 1.61. The van der Waals surface area contributed by atoms with E-state index in [4.69, 9.17) is 4.74 Å². The summed E-state index contributed by atoms with van der Waals surface area (Å²) in [6, 6.07) is 3.85. The highest BCUT2D eigenvalue weighted by Gasteiger charge is 2.34. The minimum atomic E-state index is -3.83. The van der Waals surface area contributed by atoms with Gasteiger partial charge < -0.3 is 10.1 Å². The molecule has 0 unspecified atom stereocenters. The summed E-state index contributed by atoms with van der Waals surface area (Å²) in [5, 5.41) is 14.1. The zero-order chi connectivity index (χ0) is 17.8. The molecule has 1 aromatic rings. The van der Waals surface area contributed by atoms with Crippen molar-refractivity contribution in [3.8, 4) is 0 Å². The van der Waals surface area contributed by atoms with Gasteiger partial charge in [0.05, 0.1) is 16.4 Å². The van der Waals surface area contributed by atoms with Crippen LogP contribution in [0.5, 0.6) is 0 Å². The summed E-state index contributed by atoms with van der Waals surface area (Å²) >= 11 is 0. The molecule has 0 spiro atoms. The third-order valence-corrected chi connectivity index (χ3v) is 5.97. The smallest absolute Gasteiger partial charge is 0.270 e. The van der Waals surface area contributed by atoms with Crippen LogP contribution in [0.1, 0.15) is 18.4 Å². The van der Waals surface area contributed by atoms with Gasteiger partial charge in [-0.1, -0.05) is 6.07 Å². The fourth-order valence-electron chi connectivity index (χ4n) is 2.95. The lowest BCUT2D eigenvalue weighted by molar-refractivity contribution is -0.385. The zero-order valence-corrected chi connectivity index (χ0v) is 15.9. The van der Waals surface area contributed by atoms with E-state index in [9.17, 15) is 18.5 Å². The van der Waals surface area contributed by atoms with E-state index in [-0.39, 0.29) is 34.9 Å². The highest BCUT2D eigenvalue weighted by Crippen LogP contribution is 2.29. The quantitative estimate of drug-likeness (QED) is 0.538. The molecule has 1 heterocycles. The number of non-ortho nitro benzene ring substituents is 1. The van der Waals surface area contributed by atoms with Crippen molar-refractivity contribution >= 4 is 28.1 Å². The number of hydrogen-bond acceptors (Lipinski definition) is 6. The molecule has 1 aliphatic rings. The predicted molar refractivity (Wildman–Crippen MR) is 96.7 cm³/mol. The minimum absolute atomic E-state index is 0. The van der Waals surface area contributed by atoms with Gasteiger partial charge in [0.25, 0.3) is 5.69 Å². The van der Waals surface area contributed by atoms with E-state index in [1.165, 1.54) is 12.1 Å². The molecule has 0 saturated carbocycles. The number of nitro groups is 1. The predicted octanol–water partition coefficient (Wildman–Crippen LogP) is 1.62. The molecule has 0 bridgehead atoms. The summed E-state index contributed by atoms with van der Waals surface area (Å²) in [5.41, 5.74) is -0.0320. The fourth-order valence-corrected chi connectivity index (χ4v) is 4.37. The molecule has 0 aliphatic carbocycles. The van der Waals surface area contributed by atoms with Crippen molar-refractivity contribution in [1.29, 1.82) is 0 Å². The van der Waals surface area contributed by atoms with Gasteiger partial charge in [-0.2, -0.15) is 0 Å². The summed E-state index contributed by atoms with van der Waals surface area (Å²) in [6.45, 7) is 3.94. The molecule has 25 heavy (non-hydrogen) atoms. The van der Waals surface area contributed by atoms with E-state index in [1.54, 1.807) is 14.0 Å². The molecule has 2 rings (SSSR count). The van der Waals surface area contributed by atoms with Crippen molar-refractivity contribution in [3.63, 3.8) is 0 Å². The highest BCUT2D eigenvalue weighted by atomic mass is 35.5. The number of rotatable bonds is 7. The van der Waals surface area contributed by atoms with E-state index >= 15 is 0 Å². The van der Waals surface area contributed by atoms with Gasteiger partial charge >= 0.3 is 0 Å². The van der Waals surface area contributed by atoms with E-state index in [2.05, 4.69) is 10.0 Å². The topological polar surface area (TPSA) is 111 Å². The van der Waals surface area contributed by atoms with Crippen LogP contribution in [0.2, 0.25) is 0 Å². The van der Waals surface area contributed by atoms with Gasteiger partial charge in [0.1, 0.15) is 0 Å². The molecule has 1 fully saturated rings. The second-order valence-corrected chi connectivity index (χ2v) is 7.95. The average Bonchev–Trinajstić information content (AvgIpc) is 2.54. The van der Waals surface area contributed by atoms with Crippen LogP contribution in [0.25, 0.3) is 0 Å². The third-order valence-electron chi connectivity index (χ3n) is 4.42. The molecule has 142 valence electrons. The average molecular weight is 394 g/mol. The lowest BCUT2D eigenvalue weighted by Crippen LogP contribution is -2.47. The van der Waals surface area contributed by atoms with Crippen LogP contribution in [0.3, 0.4) is 0 Å². The molecule has 1 aromatic carbocycles. The van der Waals surface area contributed by atoms with Crippen molar-refractivity contribution in [1.82, 2.24) is 10.0 Å². The van der Waals surface area contributed by atoms with Gasteiger partial charge in [-0.25, -0.2) is 13.1 Å². The second kappa shape index (κ2) is 8.91. The molecule has 8 nitrogen and oxygen atoms in total. The Kier molecular flexibility index (Phi) is 7.76. The number of ether oxygens (including phenoxy) is 1. The lowest BCUT2D eigenvalue weighted by atomic mass is 9.80. The maximum Gasteiger partial charge on any atom is 0.270 e. The summed E-state index contributed by atoms with van der Waals surface area (Å²) in [7, 11) is -2.23. The van der Waals surface area contributed by atoms with Gasteiger partial charge in [-0.05, 0) is 38.4 Å². The maximum atomic E-state index is 12.6. The second-order valence-electron chi connectivity index (χ2n) is 6.21. The molecule has 0 atom stereocenters. The molecule has 1 saturated heterocycles. The Morgan fingerprint density at radius 3 is 2.56 bits per heavy atom. The van der Waals surface area contributed by atoms with Gasteiger partial charge in [-0.15, -0.1) is 12.4 Å². The van der Waals surface area contributed by atoms with Crippen LogP contribution in [-0.4, -0.2) is 46.7 Å². The third kappa shape index (κ3) is 5.35. The molecule has 0 radical (unpaired) electrons. The number of aryl methyl sites for hydroxylation is 1. The normalized spacial score (nSPS) is 16.9. The Balaban J connectivity index is 0.00000312. The Bertz CT molecular complexity index is 700. The summed E-state index contributed by atoms with van der Waals surface area (Å²) in [5.74, 6) is 0. The molecule has 0 amide bonds. The monoisotopic (exact) mass is 393 g/mol. The van der Waals surface area contributed by atoms with Crippen LogP contribution in [0.4, 0.5) is 5.69 Å². The number of halogens is 1. The molecule has 2 N–H and O–H groups in total. The molecule has 1 aliphatic heterocycles. The van der Waals surface area contributed by atoms with Crippen molar-refractivity contribution < 1.29 is 18.1 Å². The van der Waals surface area contributed by atoms with Crippen LogP contribution in [0, 0.1) is 22.5 Å². The van der Waals surface area contributed by atoms with E-state index in [1.807, 2.05) is 0 Å². The molecular formula is C15H24ClN3O5S. The number of nitrogens with one attached hydrogen (secondary N) is 2. The maximum absolute atomic E-state index is 12.6. The van der Waals surface area contributed by atoms with Gasteiger partial charge in [-0.3, -0.25) is 10.1 Å². The van der Waals surface area contributed by atoms with Gasteiger partial charge in [0, 0.05) is 31.2 Å². The number of nitrogens with zero attached hydrogens (tertiary/aromatic N) is 1. The van der Waals surface area contributed by atoms with Crippen LogP contribution < -0.4 is 10.0 Å². The van der Waals surface area contributed by atoms with Crippen molar-refractivity contribution in [3.05, 3.63) is 33.9 Å². The Hall–Kier alpha value is -1.26. The standard InChI is InChI=1S/C15H23N3O5S.ClH/c1-12-3-4-13(18(19)20)9-14(12)24(21,22)17-10-15(11-23-2)5-7-16-8-6-15;/h3-4,9,16-17H,5-8,10-11H2,1-2H3;1H. The zero-order valence-electron chi connectivity index (χ0n) is 14.3. The van der Waals surface area contributed by atoms with Crippen LogP contribution in [0.15, 0.2) is 23.1 Å². The summed E-state index contributed by atoms with van der Waals surface area (Å²) < 4.78 is 33.2. The first-order valence-corrected chi connectivity index (χ1v) is 9.22. The first kappa shape index (κ1) is 21.8. The molecular weight excluding hydrogens is 370 g/mol. The number of methoxy groups -OCH3 is 1. The lowest BCUT2D eigenvalue weighted by Gasteiger charge is -2.37. The number of nitro benzene ring substituents is 1. The molecule has 10 heteroatoms. The fraction of sp³-hybridized carbons (Fsp3) is 0.600. The molecule has 0 aromatic heterocycles. The Morgan fingerprint density at radius 2 is 2.00 bits per heavy atom. The van der Waals surface area contributed by atoms with E-state index in [0.29, 0.717) is 12.2 Å².